The summed E-state index contributed by atoms with van der Waals surface area (Å²) in [5.41, 5.74) is 7.62. The number of benzene rings is 1. The number of hydrogen-bond donors (Lipinski definition) is 4. The molecule has 0 aliphatic carbocycles. The molecule has 1 atom stereocenters. The van der Waals surface area contributed by atoms with Gasteiger partial charge in [0.2, 0.25) is 0 Å². The fourth-order valence-electron chi connectivity index (χ4n) is 1.81. The van der Waals surface area contributed by atoms with Crippen molar-refractivity contribution in [2.45, 2.75) is 32.7 Å². The maximum atomic E-state index is 11.0. The Morgan fingerprint density at radius 2 is 2.17 bits per heavy atom. The molecule has 0 spiro atoms. The zero-order valence-corrected chi connectivity index (χ0v) is 10.7. The van der Waals surface area contributed by atoms with E-state index in [0.717, 1.165) is 17.7 Å². The van der Waals surface area contributed by atoms with Gasteiger partial charge in [0.15, 0.2) is 0 Å². The third kappa shape index (κ3) is 3.63. The molecule has 0 bridgehead atoms. The maximum absolute atomic E-state index is 11.0. The quantitative estimate of drug-likeness (QED) is 0.579. The topological polar surface area (TPSA) is 95.6 Å². The SMILES string of the molecule is Cc1cc(NC(C)CCCO)cc(C(=O)O)c1N. The van der Waals surface area contributed by atoms with Crippen LogP contribution < -0.4 is 11.1 Å². The number of aryl methyl sites for hydroxylation is 1. The Kier molecular flexibility index (Phi) is 4.97. The van der Waals surface area contributed by atoms with Crippen LogP contribution in [-0.4, -0.2) is 28.8 Å². The fourth-order valence-corrected chi connectivity index (χ4v) is 1.81. The largest absolute Gasteiger partial charge is 0.478 e. The number of anilines is 2. The molecule has 0 aliphatic rings. The number of aliphatic hydroxyl groups excluding tert-OH is 1. The van der Waals surface area contributed by atoms with E-state index in [1.54, 1.807) is 13.0 Å². The number of carboxylic acid groups (broad SMARTS) is 1. The molecule has 0 aromatic heterocycles. The standard InChI is InChI=1S/C13H20N2O3/c1-8-6-10(15-9(2)4-3-5-16)7-11(12(8)14)13(17)18/h6-7,9,15-16H,3-5,14H2,1-2H3,(H,17,18). The van der Waals surface area contributed by atoms with Crippen LogP contribution in [0.25, 0.3) is 0 Å². The summed E-state index contributed by atoms with van der Waals surface area (Å²) >= 11 is 0. The van der Waals surface area contributed by atoms with Gasteiger partial charge in [0, 0.05) is 24.0 Å². The van der Waals surface area contributed by atoms with E-state index in [1.807, 2.05) is 13.0 Å². The van der Waals surface area contributed by atoms with E-state index in [1.165, 1.54) is 0 Å². The summed E-state index contributed by atoms with van der Waals surface area (Å²) in [6.07, 6.45) is 1.54. The van der Waals surface area contributed by atoms with Crippen LogP contribution in [0.3, 0.4) is 0 Å². The molecule has 0 saturated heterocycles. The molecule has 5 nitrogen and oxygen atoms in total. The number of carbonyl (C=O) groups is 1. The Bertz CT molecular complexity index is 432. The van der Waals surface area contributed by atoms with Crippen LogP contribution in [0.5, 0.6) is 0 Å². The Balaban J connectivity index is 2.87. The molecule has 1 aromatic rings. The predicted molar refractivity (Wildman–Crippen MR) is 72.0 cm³/mol. The average Bonchev–Trinajstić information content (AvgIpc) is 2.30. The lowest BCUT2D eigenvalue weighted by Crippen LogP contribution is -2.16. The molecule has 100 valence electrons. The molecule has 0 fully saturated rings. The monoisotopic (exact) mass is 252 g/mol. The normalized spacial score (nSPS) is 12.2. The van der Waals surface area contributed by atoms with E-state index in [2.05, 4.69) is 5.32 Å². The number of carboxylic acids is 1. The summed E-state index contributed by atoms with van der Waals surface area (Å²) in [5.74, 6) is -1.03. The minimum atomic E-state index is -1.03. The molecule has 5 heteroatoms. The maximum Gasteiger partial charge on any atom is 0.337 e. The first kappa shape index (κ1) is 14.3. The Morgan fingerprint density at radius 3 is 2.72 bits per heavy atom. The Hall–Kier alpha value is -1.75. The highest BCUT2D eigenvalue weighted by Gasteiger charge is 2.12. The first-order chi connectivity index (χ1) is 8.45. The van der Waals surface area contributed by atoms with Crippen LogP contribution in [0.1, 0.15) is 35.7 Å². The van der Waals surface area contributed by atoms with E-state index in [9.17, 15) is 4.79 Å². The minimum absolute atomic E-state index is 0.117. The molecule has 0 saturated carbocycles. The van der Waals surface area contributed by atoms with Gasteiger partial charge in [-0.05, 0) is 44.4 Å². The molecule has 1 rings (SSSR count). The molecule has 0 amide bonds. The number of nitrogen functional groups attached to an aromatic ring is 1. The van der Waals surface area contributed by atoms with Gasteiger partial charge in [-0.1, -0.05) is 0 Å². The smallest absolute Gasteiger partial charge is 0.337 e. The third-order valence-electron chi connectivity index (χ3n) is 2.83. The van der Waals surface area contributed by atoms with Crippen LogP contribution in [0, 0.1) is 6.92 Å². The number of nitrogens with two attached hydrogens (primary N) is 1. The van der Waals surface area contributed by atoms with Gasteiger partial charge in [0.1, 0.15) is 0 Å². The van der Waals surface area contributed by atoms with Crippen LogP contribution in [0.15, 0.2) is 12.1 Å². The van der Waals surface area contributed by atoms with Crippen molar-refractivity contribution >= 4 is 17.3 Å². The van der Waals surface area contributed by atoms with Gasteiger partial charge in [-0.3, -0.25) is 0 Å². The van der Waals surface area contributed by atoms with E-state index in [0.29, 0.717) is 12.1 Å². The highest BCUT2D eigenvalue weighted by atomic mass is 16.4. The summed E-state index contributed by atoms with van der Waals surface area (Å²) in [6.45, 7) is 3.93. The number of aromatic carboxylic acids is 1. The van der Waals surface area contributed by atoms with Crippen molar-refractivity contribution in [3.8, 4) is 0 Å². The number of aliphatic hydroxyl groups is 1. The molecule has 0 radical (unpaired) electrons. The van der Waals surface area contributed by atoms with Crippen molar-refractivity contribution < 1.29 is 15.0 Å². The molecule has 0 aliphatic heterocycles. The van der Waals surface area contributed by atoms with Crippen molar-refractivity contribution in [3.05, 3.63) is 23.3 Å². The molecule has 18 heavy (non-hydrogen) atoms. The zero-order chi connectivity index (χ0) is 13.7. The van der Waals surface area contributed by atoms with Crippen LogP contribution in [0.2, 0.25) is 0 Å². The summed E-state index contributed by atoms with van der Waals surface area (Å²) in [7, 11) is 0. The fraction of sp³-hybridized carbons (Fsp3) is 0.462. The predicted octanol–water partition coefficient (Wildman–Crippen LogP) is 1.85. The summed E-state index contributed by atoms with van der Waals surface area (Å²) in [6, 6.07) is 3.54. The molecule has 5 N–H and O–H groups in total. The molecular formula is C13H20N2O3. The summed E-state index contributed by atoms with van der Waals surface area (Å²) in [5, 5.41) is 21.0. The minimum Gasteiger partial charge on any atom is -0.478 e. The first-order valence-electron chi connectivity index (χ1n) is 5.96. The van der Waals surface area contributed by atoms with Crippen molar-refractivity contribution in [1.82, 2.24) is 0 Å². The lowest BCUT2D eigenvalue weighted by atomic mass is 10.1. The van der Waals surface area contributed by atoms with Crippen molar-refractivity contribution in [3.63, 3.8) is 0 Å². The summed E-state index contributed by atoms with van der Waals surface area (Å²) in [4.78, 5) is 11.0. The molecule has 0 heterocycles. The Labute approximate surface area is 107 Å². The van der Waals surface area contributed by atoms with Gasteiger partial charge in [-0.2, -0.15) is 0 Å². The molecule has 1 aromatic carbocycles. The molecule has 1 unspecified atom stereocenters. The zero-order valence-electron chi connectivity index (χ0n) is 10.7. The van der Waals surface area contributed by atoms with Crippen LogP contribution >= 0.6 is 0 Å². The van der Waals surface area contributed by atoms with E-state index >= 15 is 0 Å². The van der Waals surface area contributed by atoms with Crippen molar-refractivity contribution in [2.24, 2.45) is 0 Å². The lowest BCUT2D eigenvalue weighted by molar-refractivity contribution is 0.0698. The van der Waals surface area contributed by atoms with E-state index in [4.69, 9.17) is 15.9 Å². The van der Waals surface area contributed by atoms with Crippen molar-refractivity contribution in [1.29, 1.82) is 0 Å². The number of hydrogen-bond acceptors (Lipinski definition) is 4. The van der Waals surface area contributed by atoms with Gasteiger partial charge in [0.25, 0.3) is 0 Å². The number of nitrogens with one attached hydrogen (secondary N) is 1. The highest BCUT2D eigenvalue weighted by molar-refractivity contribution is 5.95. The van der Waals surface area contributed by atoms with Crippen LogP contribution in [-0.2, 0) is 0 Å². The average molecular weight is 252 g/mol. The third-order valence-corrected chi connectivity index (χ3v) is 2.83. The van der Waals surface area contributed by atoms with Gasteiger partial charge in [0.05, 0.1) is 5.56 Å². The van der Waals surface area contributed by atoms with E-state index in [-0.39, 0.29) is 18.2 Å². The van der Waals surface area contributed by atoms with Gasteiger partial charge < -0.3 is 21.3 Å². The van der Waals surface area contributed by atoms with Gasteiger partial charge >= 0.3 is 5.97 Å². The van der Waals surface area contributed by atoms with E-state index < -0.39 is 5.97 Å². The number of rotatable bonds is 6. The highest BCUT2D eigenvalue weighted by Crippen LogP contribution is 2.23. The second kappa shape index (κ2) is 6.26. The first-order valence-corrected chi connectivity index (χ1v) is 5.96. The van der Waals surface area contributed by atoms with Gasteiger partial charge in [-0.25, -0.2) is 4.79 Å². The second-order valence-corrected chi connectivity index (χ2v) is 4.47. The molecular weight excluding hydrogens is 232 g/mol. The van der Waals surface area contributed by atoms with Gasteiger partial charge in [-0.15, -0.1) is 0 Å². The van der Waals surface area contributed by atoms with Crippen LogP contribution in [0.4, 0.5) is 11.4 Å². The second-order valence-electron chi connectivity index (χ2n) is 4.47. The lowest BCUT2D eigenvalue weighted by Gasteiger charge is -2.16. The summed E-state index contributed by atoms with van der Waals surface area (Å²) < 4.78 is 0. The van der Waals surface area contributed by atoms with Crippen molar-refractivity contribution in [2.75, 3.05) is 17.7 Å². The Morgan fingerprint density at radius 1 is 1.50 bits per heavy atom.